The Morgan fingerprint density at radius 1 is 1.40 bits per heavy atom. The summed E-state index contributed by atoms with van der Waals surface area (Å²) in [6.45, 7) is 0. The van der Waals surface area contributed by atoms with Crippen LogP contribution in [-0.4, -0.2) is 16.0 Å². The van der Waals surface area contributed by atoms with Gasteiger partial charge in [-0.2, -0.15) is 0 Å². The summed E-state index contributed by atoms with van der Waals surface area (Å²) >= 11 is 7.30. The number of amidine groups is 1. The number of aromatic nitrogens is 1. The van der Waals surface area contributed by atoms with Crippen molar-refractivity contribution in [2.45, 2.75) is 10.8 Å². The zero-order chi connectivity index (χ0) is 14.5. The summed E-state index contributed by atoms with van der Waals surface area (Å²) in [7, 11) is 0. The number of benzene rings is 1. The van der Waals surface area contributed by atoms with Crippen molar-refractivity contribution in [3.8, 4) is 0 Å². The van der Waals surface area contributed by atoms with Crippen LogP contribution in [0.3, 0.4) is 0 Å². The van der Waals surface area contributed by atoms with Crippen molar-refractivity contribution in [1.29, 1.82) is 0 Å². The Hall–Kier alpha value is -1.79. The van der Waals surface area contributed by atoms with Crippen LogP contribution in [-0.2, 0) is 5.75 Å². The molecule has 7 heteroatoms. The molecule has 0 bridgehead atoms. The van der Waals surface area contributed by atoms with Crippen LogP contribution in [0.2, 0.25) is 5.02 Å². The molecule has 3 N–H and O–H groups in total. The summed E-state index contributed by atoms with van der Waals surface area (Å²) in [5.41, 5.74) is 5.91. The van der Waals surface area contributed by atoms with Gasteiger partial charge in [0.25, 0.3) is 0 Å². The molecule has 0 aliphatic heterocycles. The van der Waals surface area contributed by atoms with Crippen LogP contribution < -0.4 is 5.73 Å². The highest BCUT2D eigenvalue weighted by Gasteiger charge is 2.12. The highest BCUT2D eigenvalue weighted by Crippen LogP contribution is 2.28. The van der Waals surface area contributed by atoms with Crippen molar-refractivity contribution in [3.05, 3.63) is 58.5 Å². The average Bonchev–Trinajstić information content (AvgIpc) is 2.47. The molecule has 0 atom stereocenters. The monoisotopic (exact) mass is 311 g/mol. The number of rotatable bonds is 4. The molecule has 1 aromatic heterocycles. The van der Waals surface area contributed by atoms with Crippen molar-refractivity contribution in [2.75, 3.05) is 0 Å². The van der Waals surface area contributed by atoms with Crippen molar-refractivity contribution in [1.82, 2.24) is 4.98 Å². The molecular formula is C13H11ClFN3OS. The Morgan fingerprint density at radius 3 is 2.90 bits per heavy atom. The highest BCUT2D eigenvalue weighted by molar-refractivity contribution is 7.98. The molecule has 0 amide bonds. The Kier molecular flexibility index (Phi) is 4.81. The molecule has 0 unspecified atom stereocenters. The number of nitrogens with zero attached hydrogens (tertiary/aromatic N) is 2. The maximum absolute atomic E-state index is 14.2. The van der Waals surface area contributed by atoms with Crippen LogP contribution in [0.25, 0.3) is 0 Å². The van der Waals surface area contributed by atoms with Gasteiger partial charge in [0, 0.05) is 11.9 Å². The summed E-state index contributed by atoms with van der Waals surface area (Å²) in [6.07, 6.45) is 1.62. The number of oxime groups is 1. The third-order valence-electron chi connectivity index (χ3n) is 2.55. The van der Waals surface area contributed by atoms with E-state index in [1.165, 1.54) is 17.8 Å². The Labute approximate surface area is 124 Å². The molecule has 0 radical (unpaired) electrons. The van der Waals surface area contributed by atoms with Crippen molar-refractivity contribution in [2.24, 2.45) is 10.9 Å². The molecule has 2 aromatic rings. The summed E-state index contributed by atoms with van der Waals surface area (Å²) in [5, 5.41) is 12.6. The number of halogens is 2. The number of hydrogen-bond acceptors (Lipinski definition) is 4. The summed E-state index contributed by atoms with van der Waals surface area (Å²) in [5.74, 6) is -0.428. The van der Waals surface area contributed by atoms with Crippen LogP contribution >= 0.6 is 23.4 Å². The fourth-order valence-corrected chi connectivity index (χ4v) is 2.71. The van der Waals surface area contributed by atoms with Crippen LogP contribution in [0.1, 0.15) is 11.1 Å². The van der Waals surface area contributed by atoms with Gasteiger partial charge < -0.3 is 10.9 Å². The zero-order valence-electron chi connectivity index (χ0n) is 10.3. The predicted molar refractivity (Wildman–Crippen MR) is 77.7 cm³/mol. The Morgan fingerprint density at radius 2 is 2.20 bits per heavy atom. The Bertz CT molecular complexity index is 651. The summed E-state index contributed by atoms with van der Waals surface area (Å²) in [4.78, 5) is 4.12. The van der Waals surface area contributed by atoms with E-state index >= 15 is 0 Å². The van der Waals surface area contributed by atoms with E-state index in [0.29, 0.717) is 21.4 Å². The van der Waals surface area contributed by atoms with Crippen LogP contribution in [0, 0.1) is 5.82 Å². The highest BCUT2D eigenvalue weighted by atomic mass is 35.5. The third-order valence-corrected chi connectivity index (χ3v) is 4.02. The van der Waals surface area contributed by atoms with Gasteiger partial charge in [0.2, 0.25) is 0 Å². The molecule has 1 heterocycles. The lowest BCUT2D eigenvalue weighted by atomic mass is 10.1. The van der Waals surface area contributed by atoms with E-state index in [1.807, 2.05) is 0 Å². The second-order valence-corrected chi connectivity index (χ2v) is 5.21. The molecule has 0 saturated heterocycles. The smallest absolute Gasteiger partial charge is 0.173 e. The zero-order valence-corrected chi connectivity index (χ0v) is 11.8. The third kappa shape index (κ3) is 3.20. The van der Waals surface area contributed by atoms with Gasteiger partial charge in [0.05, 0.1) is 10.6 Å². The fourth-order valence-electron chi connectivity index (χ4n) is 1.57. The van der Waals surface area contributed by atoms with Crippen LogP contribution in [0.15, 0.2) is 46.7 Å². The first-order chi connectivity index (χ1) is 9.63. The van der Waals surface area contributed by atoms with Crippen molar-refractivity contribution in [3.63, 3.8) is 0 Å². The van der Waals surface area contributed by atoms with Gasteiger partial charge >= 0.3 is 0 Å². The minimum Gasteiger partial charge on any atom is -0.409 e. The molecule has 0 aliphatic rings. The maximum atomic E-state index is 14.2. The van der Waals surface area contributed by atoms with E-state index in [2.05, 4.69) is 10.1 Å². The first kappa shape index (κ1) is 14.6. The van der Waals surface area contributed by atoms with E-state index in [0.717, 1.165) is 0 Å². The van der Waals surface area contributed by atoms with Crippen LogP contribution in [0.4, 0.5) is 4.39 Å². The van der Waals surface area contributed by atoms with Gasteiger partial charge in [-0.15, -0.1) is 11.8 Å². The van der Waals surface area contributed by atoms with Crippen molar-refractivity contribution < 1.29 is 9.60 Å². The lowest BCUT2D eigenvalue weighted by Crippen LogP contribution is -2.15. The van der Waals surface area contributed by atoms with Gasteiger partial charge in [-0.3, -0.25) is 0 Å². The first-order valence-electron chi connectivity index (χ1n) is 5.62. The quantitative estimate of drug-likeness (QED) is 0.299. The standard InChI is InChI=1S/C13H11ClFN3OS/c14-10-5-2-6-17-13(10)20-7-8-3-1-4-9(11(8)15)12(16)18-19/h1-6,19H,7H2,(H2,16,18). The molecule has 4 nitrogen and oxygen atoms in total. The average molecular weight is 312 g/mol. The lowest BCUT2D eigenvalue weighted by molar-refractivity contribution is 0.318. The predicted octanol–water partition coefficient (Wildman–Crippen LogP) is 3.26. The van der Waals surface area contributed by atoms with Gasteiger partial charge in [-0.25, -0.2) is 9.37 Å². The number of pyridine rings is 1. The largest absolute Gasteiger partial charge is 0.409 e. The summed E-state index contributed by atoms with van der Waals surface area (Å²) in [6, 6.07) is 8.18. The Balaban J connectivity index is 2.21. The molecule has 20 heavy (non-hydrogen) atoms. The topological polar surface area (TPSA) is 71.5 Å². The maximum Gasteiger partial charge on any atom is 0.173 e. The van der Waals surface area contributed by atoms with Crippen molar-refractivity contribution >= 4 is 29.2 Å². The second kappa shape index (κ2) is 6.58. The molecular weight excluding hydrogens is 301 g/mol. The molecule has 2 rings (SSSR count). The molecule has 104 valence electrons. The molecule has 0 fully saturated rings. The van der Waals surface area contributed by atoms with Gasteiger partial charge in [-0.1, -0.05) is 28.9 Å². The minimum atomic E-state index is -0.512. The lowest BCUT2D eigenvalue weighted by Gasteiger charge is -2.07. The normalized spacial score (nSPS) is 11.6. The molecule has 0 spiro atoms. The van der Waals surface area contributed by atoms with Crippen LogP contribution in [0.5, 0.6) is 0 Å². The van der Waals surface area contributed by atoms with E-state index in [9.17, 15) is 4.39 Å². The molecule has 1 aromatic carbocycles. The first-order valence-corrected chi connectivity index (χ1v) is 6.98. The summed E-state index contributed by atoms with van der Waals surface area (Å²) < 4.78 is 14.2. The van der Waals surface area contributed by atoms with E-state index in [4.69, 9.17) is 22.5 Å². The number of nitrogens with two attached hydrogens (primary N) is 1. The van der Waals surface area contributed by atoms with Gasteiger partial charge in [0.1, 0.15) is 10.8 Å². The van der Waals surface area contributed by atoms with E-state index in [1.54, 1.807) is 30.5 Å². The van der Waals surface area contributed by atoms with E-state index in [-0.39, 0.29) is 11.4 Å². The van der Waals surface area contributed by atoms with Gasteiger partial charge in [-0.05, 0) is 23.8 Å². The molecule has 0 saturated carbocycles. The molecule has 0 aliphatic carbocycles. The minimum absolute atomic E-state index is 0.0673. The fraction of sp³-hybridized carbons (Fsp3) is 0.0769. The number of thioether (sulfide) groups is 1. The second-order valence-electron chi connectivity index (χ2n) is 3.84. The van der Waals surface area contributed by atoms with Gasteiger partial charge in [0.15, 0.2) is 5.84 Å². The number of hydrogen-bond donors (Lipinski definition) is 2. The SMILES string of the molecule is N/C(=N/O)c1cccc(CSc2ncccc2Cl)c1F. The van der Waals surface area contributed by atoms with E-state index < -0.39 is 5.82 Å².